The molecule has 1 atom stereocenters. The predicted octanol–water partition coefficient (Wildman–Crippen LogP) is 2.00. The minimum atomic E-state index is -1.18. The fourth-order valence-corrected chi connectivity index (χ4v) is 2.50. The molecule has 0 bridgehead atoms. The summed E-state index contributed by atoms with van der Waals surface area (Å²) in [5.41, 5.74) is 6.51. The molecule has 1 fully saturated rings. The van der Waals surface area contributed by atoms with E-state index < -0.39 is 5.60 Å². The minimum absolute atomic E-state index is 0.0818. The van der Waals surface area contributed by atoms with Crippen molar-refractivity contribution in [3.05, 3.63) is 34.6 Å². The molecule has 1 aromatic carbocycles. The van der Waals surface area contributed by atoms with E-state index >= 15 is 0 Å². The Morgan fingerprint density at radius 1 is 1.44 bits per heavy atom. The number of hydrogen-bond donors (Lipinski definition) is 2. The van der Waals surface area contributed by atoms with Crippen molar-refractivity contribution in [3.8, 4) is 0 Å². The largest absolute Gasteiger partial charge is 0.383 e. The van der Waals surface area contributed by atoms with Crippen LogP contribution in [0.25, 0.3) is 0 Å². The lowest BCUT2D eigenvalue weighted by Crippen LogP contribution is -2.38. The summed E-state index contributed by atoms with van der Waals surface area (Å²) in [6, 6.07) is 3.35. The molecule has 16 heavy (non-hydrogen) atoms. The lowest BCUT2D eigenvalue weighted by Gasteiger charge is -2.29. The lowest BCUT2D eigenvalue weighted by molar-refractivity contribution is 0.0181. The van der Waals surface area contributed by atoms with Gasteiger partial charge in [-0.3, -0.25) is 0 Å². The van der Waals surface area contributed by atoms with Crippen molar-refractivity contribution in [2.24, 2.45) is 11.7 Å². The molecular formula is C13H18FNO. The molecule has 3 heteroatoms. The van der Waals surface area contributed by atoms with Gasteiger partial charge in [0.1, 0.15) is 11.4 Å². The van der Waals surface area contributed by atoms with E-state index in [0.29, 0.717) is 5.56 Å². The van der Waals surface area contributed by atoms with Crippen LogP contribution in [0, 0.1) is 25.6 Å². The molecule has 0 spiro atoms. The second-order valence-electron chi connectivity index (χ2n) is 4.84. The van der Waals surface area contributed by atoms with E-state index in [0.717, 1.165) is 24.0 Å². The summed E-state index contributed by atoms with van der Waals surface area (Å²) in [4.78, 5) is 0. The highest BCUT2D eigenvalue weighted by molar-refractivity contribution is 5.37. The molecule has 2 rings (SSSR count). The average Bonchev–Trinajstić information content (AvgIpc) is 2.98. The molecular weight excluding hydrogens is 205 g/mol. The monoisotopic (exact) mass is 223 g/mol. The standard InChI is InChI=1S/C13H18FNO/c1-8-5-9(2)12(11(14)6-8)13(16,7-15)10-3-4-10/h5-6,10,16H,3-4,7,15H2,1-2H3. The zero-order valence-corrected chi connectivity index (χ0v) is 9.76. The highest BCUT2D eigenvalue weighted by Gasteiger charge is 2.46. The van der Waals surface area contributed by atoms with Crippen LogP contribution in [0.15, 0.2) is 12.1 Å². The molecule has 2 nitrogen and oxygen atoms in total. The SMILES string of the molecule is Cc1cc(C)c(C(O)(CN)C2CC2)c(F)c1. The van der Waals surface area contributed by atoms with Gasteiger partial charge < -0.3 is 10.8 Å². The predicted molar refractivity (Wildman–Crippen MR) is 61.5 cm³/mol. The maximum Gasteiger partial charge on any atom is 0.129 e. The molecule has 0 amide bonds. The van der Waals surface area contributed by atoms with Gasteiger partial charge in [0.2, 0.25) is 0 Å². The summed E-state index contributed by atoms with van der Waals surface area (Å²) < 4.78 is 14.0. The second-order valence-corrected chi connectivity index (χ2v) is 4.84. The van der Waals surface area contributed by atoms with Crippen LogP contribution in [0.3, 0.4) is 0 Å². The number of halogens is 1. The van der Waals surface area contributed by atoms with Gasteiger partial charge in [0, 0.05) is 12.1 Å². The van der Waals surface area contributed by atoms with Crippen LogP contribution in [-0.2, 0) is 5.60 Å². The smallest absolute Gasteiger partial charge is 0.129 e. The molecule has 0 radical (unpaired) electrons. The van der Waals surface area contributed by atoms with Crippen molar-refractivity contribution in [2.45, 2.75) is 32.3 Å². The Bertz CT molecular complexity index is 391. The minimum Gasteiger partial charge on any atom is -0.383 e. The van der Waals surface area contributed by atoms with Crippen molar-refractivity contribution in [3.63, 3.8) is 0 Å². The van der Waals surface area contributed by atoms with Crippen LogP contribution < -0.4 is 5.73 Å². The quantitative estimate of drug-likeness (QED) is 0.823. The van der Waals surface area contributed by atoms with E-state index in [4.69, 9.17) is 5.73 Å². The molecule has 0 heterocycles. The van der Waals surface area contributed by atoms with Crippen LogP contribution in [0.4, 0.5) is 4.39 Å². The average molecular weight is 223 g/mol. The topological polar surface area (TPSA) is 46.2 Å². The third-order valence-electron chi connectivity index (χ3n) is 3.43. The number of rotatable bonds is 3. The van der Waals surface area contributed by atoms with Gasteiger partial charge in [0.05, 0.1) is 0 Å². The second kappa shape index (κ2) is 3.82. The van der Waals surface area contributed by atoms with Crippen molar-refractivity contribution in [1.29, 1.82) is 0 Å². The van der Waals surface area contributed by atoms with Crippen molar-refractivity contribution >= 4 is 0 Å². The third kappa shape index (κ3) is 1.74. The molecule has 0 aliphatic heterocycles. The Kier molecular flexibility index (Phi) is 2.76. The fraction of sp³-hybridized carbons (Fsp3) is 0.538. The Morgan fingerprint density at radius 2 is 2.06 bits per heavy atom. The summed E-state index contributed by atoms with van der Waals surface area (Å²) in [5, 5.41) is 10.5. The van der Waals surface area contributed by atoms with Gasteiger partial charge in [-0.1, -0.05) is 6.07 Å². The van der Waals surface area contributed by atoms with Gasteiger partial charge >= 0.3 is 0 Å². The number of hydrogen-bond acceptors (Lipinski definition) is 2. The fourth-order valence-electron chi connectivity index (χ4n) is 2.50. The summed E-state index contributed by atoms with van der Waals surface area (Å²) in [6.45, 7) is 3.76. The summed E-state index contributed by atoms with van der Waals surface area (Å²) in [5.74, 6) is -0.217. The van der Waals surface area contributed by atoms with Crippen molar-refractivity contribution in [2.75, 3.05) is 6.54 Å². The number of nitrogens with two attached hydrogens (primary N) is 1. The van der Waals surface area contributed by atoms with E-state index in [1.165, 1.54) is 6.07 Å². The Balaban J connectivity index is 2.53. The summed E-state index contributed by atoms with van der Waals surface area (Å²) in [6.07, 6.45) is 1.86. The summed E-state index contributed by atoms with van der Waals surface area (Å²) in [7, 11) is 0. The van der Waals surface area contributed by atoms with Crippen LogP contribution in [-0.4, -0.2) is 11.7 Å². The summed E-state index contributed by atoms with van der Waals surface area (Å²) >= 11 is 0. The van der Waals surface area contributed by atoms with Crippen molar-refractivity contribution in [1.82, 2.24) is 0 Å². The zero-order valence-electron chi connectivity index (χ0n) is 9.76. The third-order valence-corrected chi connectivity index (χ3v) is 3.43. The number of aryl methyl sites for hydroxylation is 2. The van der Waals surface area contributed by atoms with Crippen LogP contribution in [0.1, 0.15) is 29.5 Å². The molecule has 1 aliphatic carbocycles. The Hall–Kier alpha value is -0.930. The molecule has 3 N–H and O–H groups in total. The van der Waals surface area contributed by atoms with E-state index in [1.807, 2.05) is 19.9 Å². The van der Waals surface area contributed by atoms with E-state index in [-0.39, 0.29) is 18.3 Å². The van der Waals surface area contributed by atoms with Crippen LogP contribution in [0.5, 0.6) is 0 Å². The Labute approximate surface area is 95.3 Å². The molecule has 1 aliphatic rings. The maximum absolute atomic E-state index is 14.0. The van der Waals surface area contributed by atoms with Gasteiger partial charge in [0.25, 0.3) is 0 Å². The number of benzene rings is 1. The molecule has 0 aromatic heterocycles. The van der Waals surface area contributed by atoms with Gasteiger partial charge in [0.15, 0.2) is 0 Å². The van der Waals surface area contributed by atoms with Gasteiger partial charge in [-0.15, -0.1) is 0 Å². The molecule has 1 saturated carbocycles. The molecule has 1 aromatic rings. The highest BCUT2D eigenvalue weighted by Crippen LogP contribution is 2.46. The lowest BCUT2D eigenvalue weighted by atomic mass is 9.85. The first-order chi connectivity index (χ1) is 7.49. The normalized spacial score (nSPS) is 19.6. The van der Waals surface area contributed by atoms with Gasteiger partial charge in [-0.05, 0) is 49.8 Å². The number of aliphatic hydroxyl groups is 1. The van der Waals surface area contributed by atoms with Crippen LogP contribution >= 0.6 is 0 Å². The Morgan fingerprint density at radius 3 is 2.50 bits per heavy atom. The van der Waals surface area contributed by atoms with E-state index in [2.05, 4.69) is 0 Å². The van der Waals surface area contributed by atoms with Gasteiger partial charge in [-0.2, -0.15) is 0 Å². The first kappa shape index (κ1) is 11.6. The highest BCUT2D eigenvalue weighted by atomic mass is 19.1. The van der Waals surface area contributed by atoms with E-state index in [9.17, 15) is 9.50 Å². The van der Waals surface area contributed by atoms with E-state index in [1.54, 1.807) is 0 Å². The molecule has 1 unspecified atom stereocenters. The van der Waals surface area contributed by atoms with Crippen molar-refractivity contribution < 1.29 is 9.50 Å². The first-order valence-electron chi connectivity index (χ1n) is 5.68. The van der Waals surface area contributed by atoms with Gasteiger partial charge in [-0.25, -0.2) is 4.39 Å². The molecule has 0 saturated heterocycles. The maximum atomic E-state index is 14.0. The first-order valence-corrected chi connectivity index (χ1v) is 5.68. The van der Waals surface area contributed by atoms with Crippen LogP contribution in [0.2, 0.25) is 0 Å². The molecule has 88 valence electrons. The zero-order chi connectivity index (χ0) is 11.9.